The topological polar surface area (TPSA) is 70.2 Å². The van der Waals surface area contributed by atoms with E-state index in [0.29, 0.717) is 45.8 Å². The van der Waals surface area contributed by atoms with Crippen LogP contribution >= 0.6 is 11.6 Å². The third-order valence-corrected chi connectivity index (χ3v) is 7.48. The second-order valence-electron chi connectivity index (χ2n) is 6.99. The van der Waals surface area contributed by atoms with Crippen molar-refractivity contribution in [1.29, 1.82) is 0 Å². The van der Waals surface area contributed by atoms with Gasteiger partial charge in [0.25, 0.3) is 0 Å². The van der Waals surface area contributed by atoms with E-state index >= 15 is 0 Å². The summed E-state index contributed by atoms with van der Waals surface area (Å²) >= 11 is 5.75. The molecule has 0 aliphatic carbocycles. The van der Waals surface area contributed by atoms with Crippen LogP contribution in [0.1, 0.15) is 12.8 Å². The number of halogens is 2. The lowest BCUT2D eigenvalue weighted by molar-refractivity contribution is -0.132. The van der Waals surface area contributed by atoms with Crippen LogP contribution in [0.25, 0.3) is 0 Å². The molecule has 1 aromatic carbocycles. The Balaban J connectivity index is 1.66. The first kappa shape index (κ1) is 21.4. The zero-order chi connectivity index (χ0) is 20.3. The van der Waals surface area contributed by atoms with E-state index in [9.17, 15) is 17.6 Å². The number of ether oxygens (including phenoxy) is 1. The van der Waals surface area contributed by atoms with E-state index in [1.807, 2.05) is 0 Å². The Hall–Kier alpha value is -1.26. The number of benzene rings is 1. The summed E-state index contributed by atoms with van der Waals surface area (Å²) in [5.74, 6) is -0.570. The van der Waals surface area contributed by atoms with E-state index in [2.05, 4.69) is 4.90 Å². The van der Waals surface area contributed by atoms with E-state index in [1.165, 1.54) is 10.4 Å². The average molecular weight is 434 g/mol. The maximum Gasteiger partial charge on any atom is 0.243 e. The molecule has 0 spiro atoms. The predicted molar refractivity (Wildman–Crippen MR) is 103 cm³/mol. The van der Waals surface area contributed by atoms with Crippen molar-refractivity contribution in [3.63, 3.8) is 0 Å². The molecule has 1 aromatic rings. The maximum absolute atomic E-state index is 13.4. The lowest BCUT2D eigenvalue weighted by atomic mass is 10.2. The molecule has 10 heteroatoms. The fraction of sp³-hybridized carbons (Fsp3) is 0.611. The number of carbonyl (C=O) groups excluding carboxylic acids is 1. The van der Waals surface area contributed by atoms with Gasteiger partial charge in [0.15, 0.2) is 0 Å². The summed E-state index contributed by atoms with van der Waals surface area (Å²) in [4.78, 5) is 16.5. The number of hydrogen-bond donors (Lipinski definition) is 0. The van der Waals surface area contributed by atoms with Crippen molar-refractivity contribution in [2.75, 3.05) is 53.0 Å². The number of hydrogen-bond acceptors (Lipinski definition) is 5. The molecule has 0 bridgehead atoms. The summed E-state index contributed by atoms with van der Waals surface area (Å²) < 4.78 is 45.6. The summed E-state index contributed by atoms with van der Waals surface area (Å²) in [6.07, 6.45) is 1.36. The number of amides is 1. The van der Waals surface area contributed by atoms with Crippen LogP contribution in [0.4, 0.5) is 4.39 Å². The summed E-state index contributed by atoms with van der Waals surface area (Å²) in [5.41, 5.74) is 0. The molecule has 3 rings (SSSR count). The van der Waals surface area contributed by atoms with Crippen molar-refractivity contribution in [3.05, 3.63) is 29.0 Å². The number of rotatable bonds is 6. The van der Waals surface area contributed by atoms with Gasteiger partial charge in [-0.15, -0.1) is 0 Å². The molecule has 2 aliphatic rings. The van der Waals surface area contributed by atoms with Crippen molar-refractivity contribution in [3.8, 4) is 0 Å². The van der Waals surface area contributed by atoms with Gasteiger partial charge in [-0.3, -0.25) is 9.69 Å². The Bertz CT molecular complexity index is 823. The summed E-state index contributed by atoms with van der Waals surface area (Å²) in [6.45, 7) is 3.53. The van der Waals surface area contributed by atoms with Crippen molar-refractivity contribution in [2.45, 2.75) is 23.8 Å². The summed E-state index contributed by atoms with van der Waals surface area (Å²) in [7, 11) is -2.16. The molecule has 156 valence electrons. The average Bonchev–Trinajstić information content (AvgIpc) is 2.87. The molecule has 2 saturated heterocycles. The highest BCUT2D eigenvalue weighted by Gasteiger charge is 2.37. The molecule has 0 unspecified atom stereocenters. The van der Waals surface area contributed by atoms with Crippen LogP contribution in [-0.2, 0) is 19.6 Å². The highest BCUT2D eigenvalue weighted by atomic mass is 35.5. The van der Waals surface area contributed by atoms with Crippen molar-refractivity contribution >= 4 is 27.5 Å². The van der Waals surface area contributed by atoms with Crippen molar-refractivity contribution in [1.82, 2.24) is 14.1 Å². The molecule has 1 atom stereocenters. The molecule has 2 fully saturated rings. The normalized spacial score (nSPS) is 22.6. The largest absolute Gasteiger partial charge is 0.383 e. The smallest absolute Gasteiger partial charge is 0.243 e. The SMILES string of the molecule is COCCN1CC[C@@H](N2CCCN(S(=O)(=O)c3ccc(F)c(Cl)c3)CC2)C1=O. The highest BCUT2D eigenvalue weighted by Crippen LogP contribution is 2.24. The molecule has 2 aliphatic heterocycles. The molecule has 0 radical (unpaired) electrons. The maximum atomic E-state index is 13.4. The molecular formula is C18H25ClFN3O4S. The fourth-order valence-corrected chi connectivity index (χ4v) is 5.48. The minimum Gasteiger partial charge on any atom is -0.383 e. The van der Waals surface area contributed by atoms with Crippen LogP contribution in [0.15, 0.2) is 23.1 Å². The summed E-state index contributed by atoms with van der Waals surface area (Å²) in [6, 6.07) is 3.22. The van der Waals surface area contributed by atoms with Gasteiger partial charge in [-0.2, -0.15) is 4.31 Å². The van der Waals surface area contributed by atoms with Gasteiger partial charge in [-0.05, 0) is 31.0 Å². The second-order valence-corrected chi connectivity index (χ2v) is 9.34. The standard InChI is InChI=1S/C18H25ClFN3O4S/c1-27-12-11-22-8-5-17(18(22)24)21-6-2-7-23(10-9-21)28(25,26)14-3-4-16(20)15(19)13-14/h3-4,13,17H,2,5-12H2,1H3/t17-/m1/s1. The molecule has 0 aromatic heterocycles. The van der Waals surface area contributed by atoms with Crippen LogP contribution in [-0.4, -0.2) is 87.5 Å². The summed E-state index contributed by atoms with van der Waals surface area (Å²) in [5, 5.41) is -0.217. The molecule has 28 heavy (non-hydrogen) atoms. The third-order valence-electron chi connectivity index (χ3n) is 5.29. The van der Waals surface area contributed by atoms with Gasteiger partial charge in [0.2, 0.25) is 15.9 Å². The Labute approximate surface area is 170 Å². The van der Waals surface area contributed by atoms with Crippen LogP contribution in [0, 0.1) is 5.82 Å². The van der Waals surface area contributed by atoms with Gasteiger partial charge in [0.1, 0.15) is 5.82 Å². The Morgan fingerprint density at radius 3 is 2.71 bits per heavy atom. The first-order valence-corrected chi connectivity index (χ1v) is 11.1. The minimum atomic E-state index is -3.76. The van der Waals surface area contributed by atoms with Gasteiger partial charge in [0, 0.05) is 46.4 Å². The minimum absolute atomic E-state index is 0.0185. The van der Waals surface area contributed by atoms with Gasteiger partial charge in [-0.25, -0.2) is 12.8 Å². The van der Waals surface area contributed by atoms with E-state index in [1.54, 1.807) is 12.0 Å². The zero-order valence-corrected chi connectivity index (χ0v) is 17.4. The highest BCUT2D eigenvalue weighted by molar-refractivity contribution is 7.89. The predicted octanol–water partition coefficient (Wildman–Crippen LogP) is 1.42. The second kappa shape index (κ2) is 9.04. The van der Waals surface area contributed by atoms with Crippen molar-refractivity contribution < 1.29 is 22.3 Å². The van der Waals surface area contributed by atoms with Crippen LogP contribution in [0.2, 0.25) is 5.02 Å². The van der Waals surface area contributed by atoms with E-state index in [-0.39, 0.29) is 28.4 Å². The number of methoxy groups -OCH3 is 1. The van der Waals surface area contributed by atoms with Crippen molar-refractivity contribution in [2.24, 2.45) is 0 Å². The Morgan fingerprint density at radius 2 is 2.00 bits per heavy atom. The number of nitrogens with zero attached hydrogens (tertiary/aromatic N) is 3. The van der Waals surface area contributed by atoms with E-state index in [0.717, 1.165) is 18.6 Å². The molecular weight excluding hydrogens is 409 g/mol. The molecule has 1 amide bonds. The van der Waals surface area contributed by atoms with E-state index < -0.39 is 15.8 Å². The van der Waals surface area contributed by atoms with Crippen LogP contribution in [0.3, 0.4) is 0 Å². The number of carbonyl (C=O) groups is 1. The monoisotopic (exact) mass is 433 g/mol. The van der Waals surface area contributed by atoms with Crippen LogP contribution < -0.4 is 0 Å². The van der Waals surface area contributed by atoms with Crippen LogP contribution in [0.5, 0.6) is 0 Å². The number of sulfonamides is 1. The fourth-order valence-electron chi connectivity index (χ4n) is 3.74. The Morgan fingerprint density at radius 1 is 1.21 bits per heavy atom. The number of likely N-dealkylation sites (tertiary alicyclic amines) is 1. The molecule has 7 nitrogen and oxygen atoms in total. The lowest BCUT2D eigenvalue weighted by Crippen LogP contribution is -2.44. The van der Waals surface area contributed by atoms with Gasteiger partial charge < -0.3 is 9.64 Å². The first-order chi connectivity index (χ1) is 13.3. The molecule has 0 N–H and O–H groups in total. The zero-order valence-electron chi connectivity index (χ0n) is 15.8. The lowest BCUT2D eigenvalue weighted by Gasteiger charge is -2.26. The molecule has 2 heterocycles. The van der Waals surface area contributed by atoms with Gasteiger partial charge >= 0.3 is 0 Å². The quantitative estimate of drug-likeness (QED) is 0.678. The Kier molecular flexibility index (Phi) is 6.93. The third kappa shape index (κ3) is 4.49. The van der Waals surface area contributed by atoms with Gasteiger partial charge in [0.05, 0.1) is 22.6 Å². The van der Waals surface area contributed by atoms with Gasteiger partial charge in [-0.1, -0.05) is 11.6 Å². The first-order valence-electron chi connectivity index (χ1n) is 9.31. The van der Waals surface area contributed by atoms with E-state index in [4.69, 9.17) is 16.3 Å². The molecule has 0 saturated carbocycles.